The van der Waals surface area contributed by atoms with Gasteiger partial charge in [0.15, 0.2) is 0 Å². The van der Waals surface area contributed by atoms with Crippen LogP contribution in [0.25, 0.3) is 0 Å². The number of carbonyl (C=O) groups is 2. The first kappa shape index (κ1) is 33.7. The molecule has 0 aromatic heterocycles. The molecule has 0 saturated carbocycles. The molecule has 0 aliphatic heterocycles. The lowest BCUT2D eigenvalue weighted by Crippen LogP contribution is -2.53. The Morgan fingerprint density at radius 3 is 2.18 bits per heavy atom. The fraction of sp³-hybridized carbons (Fsp3) is 0.278. The van der Waals surface area contributed by atoms with E-state index in [1.54, 1.807) is 37.3 Å². The zero-order valence-electron chi connectivity index (χ0n) is 26.2. The van der Waals surface area contributed by atoms with E-state index in [0.717, 1.165) is 33.0 Å². The summed E-state index contributed by atoms with van der Waals surface area (Å²) in [4.78, 5) is 29.9. The Morgan fingerprint density at radius 2 is 1.51 bits per heavy atom. The molecule has 0 heterocycles. The number of aryl methyl sites for hydroxylation is 2. The summed E-state index contributed by atoms with van der Waals surface area (Å²) in [7, 11) is -4.21. The van der Waals surface area contributed by atoms with Crippen LogP contribution >= 0.6 is 11.6 Å². The summed E-state index contributed by atoms with van der Waals surface area (Å²) in [6.07, 6.45) is 0.987. The van der Waals surface area contributed by atoms with Crippen LogP contribution in [-0.4, -0.2) is 44.3 Å². The third kappa shape index (κ3) is 8.32. The van der Waals surface area contributed by atoms with Crippen molar-refractivity contribution in [3.8, 4) is 0 Å². The maximum Gasteiger partial charge on any atom is 0.264 e. The molecule has 4 rings (SSSR count). The van der Waals surface area contributed by atoms with Gasteiger partial charge in [-0.2, -0.15) is 0 Å². The Balaban J connectivity index is 1.83. The molecule has 0 aliphatic carbocycles. The van der Waals surface area contributed by atoms with Crippen molar-refractivity contribution >= 4 is 39.1 Å². The van der Waals surface area contributed by atoms with Crippen molar-refractivity contribution in [1.82, 2.24) is 10.2 Å². The fourth-order valence-corrected chi connectivity index (χ4v) is 6.75. The molecule has 0 bridgehead atoms. The molecule has 9 heteroatoms. The van der Waals surface area contributed by atoms with E-state index in [9.17, 15) is 18.0 Å². The highest BCUT2D eigenvalue weighted by molar-refractivity contribution is 7.92. The number of nitrogens with one attached hydrogen (secondary N) is 1. The molecule has 45 heavy (non-hydrogen) atoms. The van der Waals surface area contributed by atoms with Gasteiger partial charge in [-0.15, -0.1) is 0 Å². The molecule has 236 valence electrons. The first-order valence-corrected chi connectivity index (χ1v) is 16.8. The zero-order chi connectivity index (χ0) is 32.6. The highest BCUT2D eigenvalue weighted by atomic mass is 35.5. The topological polar surface area (TPSA) is 86.8 Å². The van der Waals surface area contributed by atoms with E-state index in [0.29, 0.717) is 22.8 Å². The minimum atomic E-state index is -4.21. The van der Waals surface area contributed by atoms with E-state index in [4.69, 9.17) is 11.6 Å². The van der Waals surface area contributed by atoms with E-state index in [1.165, 1.54) is 17.0 Å². The minimum absolute atomic E-state index is 0.0484. The first-order valence-electron chi connectivity index (χ1n) is 15.0. The van der Waals surface area contributed by atoms with Gasteiger partial charge in [-0.25, -0.2) is 8.42 Å². The van der Waals surface area contributed by atoms with Crippen molar-refractivity contribution in [1.29, 1.82) is 0 Å². The summed E-state index contributed by atoms with van der Waals surface area (Å²) in [5.41, 5.74) is 4.42. The lowest BCUT2D eigenvalue weighted by Gasteiger charge is -2.34. The maximum absolute atomic E-state index is 14.6. The normalized spacial score (nSPS) is 11.9. The monoisotopic (exact) mass is 645 g/mol. The molecule has 0 spiro atoms. The van der Waals surface area contributed by atoms with Crippen LogP contribution in [0.1, 0.15) is 41.2 Å². The van der Waals surface area contributed by atoms with Crippen molar-refractivity contribution in [3.05, 3.63) is 130 Å². The molecule has 2 amide bonds. The highest BCUT2D eigenvalue weighted by Crippen LogP contribution is 2.31. The van der Waals surface area contributed by atoms with Gasteiger partial charge in [0.05, 0.1) is 10.6 Å². The number of nitrogens with zero attached hydrogens (tertiary/aromatic N) is 2. The van der Waals surface area contributed by atoms with Crippen molar-refractivity contribution in [2.45, 2.75) is 58.0 Å². The van der Waals surface area contributed by atoms with Crippen molar-refractivity contribution in [3.63, 3.8) is 0 Å². The van der Waals surface area contributed by atoms with Crippen LogP contribution in [0.15, 0.2) is 102 Å². The lowest BCUT2D eigenvalue weighted by molar-refractivity contribution is -0.140. The number of anilines is 1. The molecule has 1 atom stereocenters. The van der Waals surface area contributed by atoms with Gasteiger partial charge in [0.2, 0.25) is 11.8 Å². The zero-order valence-corrected chi connectivity index (χ0v) is 27.7. The SMILES string of the molecule is CCCNC(=O)[C@@H](Cc1ccccc1)N(Cc1ccccc1C)C(=O)CN(c1cccc(Cl)c1C)S(=O)(=O)c1ccc(C)cc1. The highest BCUT2D eigenvalue weighted by Gasteiger charge is 2.35. The molecule has 1 N–H and O–H groups in total. The lowest BCUT2D eigenvalue weighted by atomic mass is 10.0. The van der Waals surface area contributed by atoms with E-state index in [2.05, 4.69) is 5.32 Å². The second kappa shape index (κ2) is 15.2. The van der Waals surface area contributed by atoms with E-state index >= 15 is 0 Å². The van der Waals surface area contributed by atoms with Gasteiger partial charge < -0.3 is 10.2 Å². The van der Waals surface area contributed by atoms with Crippen LogP contribution in [0.4, 0.5) is 5.69 Å². The van der Waals surface area contributed by atoms with Crippen molar-refractivity contribution < 1.29 is 18.0 Å². The van der Waals surface area contributed by atoms with Gasteiger partial charge in [-0.1, -0.05) is 96.9 Å². The number of benzene rings is 4. The minimum Gasteiger partial charge on any atom is -0.354 e. The average molecular weight is 646 g/mol. The van der Waals surface area contributed by atoms with Gasteiger partial charge in [-0.05, 0) is 73.7 Å². The molecule has 0 saturated heterocycles. The predicted octanol–water partition coefficient (Wildman–Crippen LogP) is 6.63. The Morgan fingerprint density at radius 1 is 0.844 bits per heavy atom. The molecule has 4 aromatic rings. The van der Waals surface area contributed by atoms with Gasteiger partial charge in [-0.3, -0.25) is 13.9 Å². The van der Waals surface area contributed by atoms with E-state index in [1.807, 2.05) is 75.4 Å². The van der Waals surface area contributed by atoms with Crippen LogP contribution < -0.4 is 9.62 Å². The number of amides is 2. The number of hydrogen-bond donors (Lipinski definition) is 1. The summed E-state index contributed by atoms with van der Waals surface area (Å²) in [6.45, 7) is 7.55. The van der Waals surface area contributed by atoms with E-state index < -0.39 is 28.5 Å². The van der Waals surface area contributed by atoms with Gasteiger partial charge in [0, 0.05) is 24.5 Å². The van der Waals surface area contributed by atoms with Crippen LogP contribution in [-0.2, 0) is 32.6 Å². The quantitative estimate of drug-likeness (QED) is 0.177. The third-order valence-corrected chi connectivity index (χ3v) is 10.0. The molecule has 4 aromatic carbocycles. The third-order valence-electron chi connectivity index (χ3n) is 7.82. The number of carbonyl (C=O) groups excluding carboxylic acids is 2. The predicted molar refractivity (Wildman–Crippen MR) is 181 cm³/mol. The van der Waals surface area contributed by atoms with Crippen LogP contribution in [0, 0.1) is 20.8 Å². The van der Waals surface area contributed by atoms with Crippen molar-refractivity contribution in [2.24, 2.45) is 0 Å². The molecule has 0 aliphatic rings. The van der Waals surface area contributed by atoms with Crippen LogP contribution in [0.5, 0.6) is 0 Å². The summed E-state index contributed by atoms with van der Waals surface area (Å²) in [5, 5.41) is 3.35. The van der Waals surface area contributed by atoms with Crippen LogP contribution in [0.2, 0.25) is 5.02 Å². The number of rotatable bonds is 13. The summed E-state index contributed by atoms with van der Waals surface area (Å²) in [5.74, 6) is -0.810. The molecule has 7 nitrogen and oxygen atoms in total. The molecule has 0 radical (unpaired) electrons. The smallest absolute Gasteiger partial charge is 0.264 e. The Hall–Kier alpha value is -4.14. The standard InChI is InChI=1S/C36H40ClN3O4S/c1-5-22-38-36(42)34(23-29-13-7-6-8-14-29)39(24-30-15-10-9-12-27(30)3)35(41)25-40(33-17-11-16-32(37)28(33)4)45(43,44)31-20-18-26(2)19-21-31/h6-21,34H,5,22-25H2,1-4H3,(H,38,42)/t34-/m1/s1. The van der Waals surface area contributed by atoms with Gasteiger partial charge in [0.1, 0.15) is 12.6 Å². The number of sulfonamides is 1. The Bertz CT molecular complexity index is 1730. The van der Waals surface area contributed by atoms with Crippen molar-refractivity contribution in [2.75, 3.05) is 17.4 Å². The van der Waals surface area contributed by atoms with Gasteiger partial charge >= 0.3 is 0 Å². The Labute approximate surface area is 271 Å². The number of hydrogen-bond acceptors (Lipinski definition) is 4. The van der Waals surface area contributed by atoms with Gasteiger partial charge in [0.25, 0.3) is 10.0 Å². The molecular formula is C36H40ClN3O4S. The largest absolute Gasteiger partial charge is 0.354 e. The average Bonchev–Trinajstić information content (AvgIpc) is 3.03. The second-order valence-electron chi connectivity index (χ2n) is 11.2. The Kier molecular flexibility index (Phi) is 11.4. The van der Waals surface area contributed by atoms with E-state index in [-0.39, 0.29) is 23.8 Å². The number of halogens is 1. The summed E-state index contributed by atoms with van der Waals surface area (Å²) >= 11 is 6.46. The molecule has 0 fully saturated rings. The maximum atomic E-state index is 14.6. The first-order chi connectivity index (χ1) is 21.5. The molecular weight excluding hydrogens is 606 g/mol. The molecule has 0 unspecified atom stereocenters. The summed E-state index contributed by atoms with van der Waals surface area (Å²) in [6, 6.07) is 27.8. The van der Waals surface area contributed by atoms with Crippen LogP contribution in [0.3, 0.4) is 0 Å². The summed E-state index contributed by atoms with van der Waals surface area (Å²) < 4.78 is 29.6. The second-order valence-corrected chi connectivity index (χ2v) is 13.4. The fourth-order valence-electron chi connectivity index (χ4n) is 5.11.